The van der Waals surface area contributed by atoms with E-state index in [0.717, 1.165) is 0 Å². The number of rotatable bonds is 1. The average Bonchev–Trinajstić information content (AvgIpc) is 1.65. The fourth-order valence-corrected chi connectivity index (χ4v) is 0.118. The van der Waals surface area contributed by atoms with Crippen LogP contribution in [0.5, 0.6) is 0 Å². The summed E-state index contributed by atoms with van der Waals surface area (Å²) in [7, 11) is 0. The second-order valence-electron chi connectivity index (χ2n) is 1.26. The Labute approximate surface area is 91.4 Å². The number of carbonyl (C=O) groups excluding carboxylic acids is 1. The third kappa shape index (κ3) is 4.99. The first kappa shape index (κ1) is 11.6. The van der Waals surface area contributed by atoms with Crippen molar-refractivity contribution in [3.63, 3.8) is 0 Å². The van der Waals surface area contributed by atoms with Crippen LogP contribution in [-0.2, 0) is 4.79 Å². The summed E-state index contributed by atoms with van der Waals surface area (Å²) in [6.07, 6.45) is 1.50. The molecule has 0 aliphatic heterocycles. The Morgan fingerprint density at radius 1 is 1.62 bits per heavy atom. The van der Waals surface area contributed by atoms with Gasteiger partial charge < -0.3 is 9.90 Å². The van der Waals surface area contributed by atoms with E-state index in [0.29, 0.717) is 0 Å². The van der Waals surface area contributed by atoms with Gasteiger partial charge in [0, 0.05) is 0 Å². The first-order valence-electron chi connectivity index (χ1n) is 2.02. The quantitative estimate of drug-likeness (QED) is 0.281. The monoisotopic (exact) mass is 138 g/mol. The third-order valence-corrected chi connectivity index (χ3v) is 0.755. The fourth-order valence-electron chi connectivity index (χ4n) is 0.118. The number of carboxylic acids is 1. The first-order chi connectivity index (χ1) is 3.18. The zero-order chi connectivity index (χ0) is 5.86. The fraction of sp³-hybridized carbons (Fsp3) is 0.400. The molecule has 0 atom stereocenters. The molecule has 0 spiro atoms. The van der Waals surface area contributed by atoms with Gasteiger partial charge in [0.2, 0.25) is 0 Å². The Bertz CT molecular complexity index is 107. The molecule has 0 saturated heterocycles. The van der Waals surface area contributed by atoms with Gasteiger partial charge in [-0.05, 0) is 19.4 Å². The summed E-state index contributed by atoms with van der Waals surface area (Å²) in [6.45, 7) is 3.15. The molecule has 0 rings (SSSR count). The van der Waals surface area contributed by atoms with Crippen LogP contribution < -0.4 is 56.5 Å². The van der Waals surface area contributed by atoms with Crippen LogP contribution in [0.1, 0.15) is 13.8 Å². The van der Waals surface area contributed by atoms with Crippen LogP contribution in [-0.4, -0.2) is 5.97 Å². The van der Waals surface area contributed by atoms with Gasteiger partial charge in [0.25, 0.3) is 0 Å². The standard InChI is InChI=1S/C5H8O2.K/c1-3-4(2)5(6)7;/h3H,1-2H3,(H,6,7);/q;+1/p-1/b4-3-;. The number of allylic oxidation sites excluding steroid dienone is 1. The van der Waals surface area contributed by atoms with E-state index in [9.17, 15) is 9.90 Å². The van der Waals surface area contributed by atoms with Crippen molar-refractivity contribution < 1.29 is 61.3 Å². The summed E-state index contributed by atoms with van der Waals surface area (Å²) in [6, 6.07) is 0. The molecule has 8 heavy (non-hydrogen) atoms. The molecule has 0 aromatic carbocycles. The maximum absolute atomic E-state index is 9.75. The number of carbonyl (C=O) groups is 1. The van der Waals surface area contributed by atoms with E-state index in [1.54, 1.807) is 6.92 Å². The first-order valence-corrected chi connectivity index (χ1v) is 2.02. The van der Waals surface area contributed by atoms with Gasteiger partial charge in [0.15, 0.2) is 0 Å². The maximum atomic E-state index is 9.75. The topological polar surface area (TPSA) is 40.1 Å². The average molecular weight is 138 g/mol. The molecule has 0 saturated carbocycles. The summed E-state index contributed by atoms with van der Waals surface area (Å²) in [4.78, 5) is 9.75. The van der Waals surface area contributed by atoms with Crippen LogP contribution in [0.25, 0.3) is 0 Å². The van der Waals surface area contributed by atoms with Crippen LogP contribution in [0.2, 0.25) is 0 Å². The maximum Gasteiger partial charge on any atom is 1.00 e. The molecule has 0 aromatic heterocycles. The Balaban J connectivity index is 0. The smallest absolute Gasteiger partial charge is 0.545 e. The Morgan fingerprint density at radius 3 is 2.00 bits per heavy atom. The van der Waals surface area contributed by atoms with Crippen molar-refractivity contribution in [3.8, 4) is 0 Å². The summed E-state index contributed by atoms with van der Waals surface area (Å²) in [5.41, 5.74) is 0.278. The van der Waals surface area contributed by atoms with Gasteiger partial charge in [-0.25, -0.2) is 0 Å². The minimum absolute atomic E-state index is 0. The molecule has 0 fully saturated rings. The SMILES string of the molecule is C/C=C(/C)C(=O)[O-].[K+]. The van der Waals surface area contributed by atoms with Crippen molar-refractivity contribution in [1.82, 2.24) is 0 Å². The predicted octanol–water partition coefficient (Wildman–Crippen LogP) is -3.29. The second-order valence-corrected chi connectivity index (χ2v) is 1.26. The largest absolute Gasteiger partial charge is 1.00 e. The molecule has 0 N–H and O–H groups in total. The van der Waals surface area contributed by atoms with Crippen LogP contribution in [0.15, 0.2) is 11.6 Å². The van der Waals surface area contributed by atoms with Gasteiger partial charge in [0.05, 0.1) is 5.97 Å². The summed E-state index contributed by atoms with van der Waals surface area (Å²) in [5, 5.41) is 9.75. The normalized spacial score (nSPS) is 10.0. The van der Waals surface area contributed by atoms with E-state index in [4.69, 9.17) is 0 Å². The van der Waals surface area contributed by atoms with E-state index >= 15 is 0 Å². The molecule has 0 amide bonds. The van der Waals surface area contributed by atoms with Crippen molar-refractivity contribution in [1.29, 1.82) is 0 Å². The number of hydrogen-bond acceptors (Lipinski definition) is 2. The van der Waals surface area contributed by atoms with Gasteiger partial charge in [-0.2, -0.15) is 0 Å². The number of carboxylic acid groups (broad SMARTS) is 1. The summed E-state index contributed by atoms with van der Waals surface area (Å²) >= 11 is 0. The third-order valence-electron chi connectivity index (χ3n) is 0.755. The van der Waals surface area contributed by atoms with Crippen molar-refractivity contribution >= 4 is 5.97 Å². The molecule has 0 aromatic rings. The molecule has 0 radical (unpaired) electrons. The zero-order valence-electron chi connectivity index (χ0n) is 5.39. The summed E-state index contributed by atoms with van der Waals surface area (Å²) < 4.78 is 0. The minimum atomic E-state index is -1.09. The number of hydrogen-bond donors (Lipinski definition) is 0. The number of aliphatic carboxylic acids is 1. The molecule has 3 heteroatoms. The van der Waals surface area contributed by atoms with Gasteiger partial charge in [-0.3, -0.25) is 0 Å². The van der Waals surface area contributed by atoms with E-state index in [2.05, 4.69) is 0 Å². The molecule has 2 nitrogen and oxygen atoms in total. The molecule has 0 aliphatic rings. The molecular weight excluding hydrogens is 131 g/mol. The Kier molecular flexibility index (Phi) is 8.68. The van der Waals surface area contributed by atoms with Crippen molar-refractivity contribution in [2.75, 3.05) is 0 Å². The predicted molar refractivity (Wildman–Crippen MR) is 24.4 cm³/mol. The molecule has 40 valence electrons. The molecule has 0 aliphatic carbocycles. The van der Waals surface area contributed by atoms with Crippen LogP contribution in [0.3, 0.4) is 0 Å². The van der Waals surface area contributed by atoms with Gasteiger partial charge in [-0.15, -0.1) is 0 Å². The van der Waals surface area contributed by atoms with Crippen molar-refractivity contribution in [2.45, 2.75) is 13.8 Å². The van der Waals surface area contributed by atoms with Crippen molar-refractivity contribution in [3.05, 3.63) is 11.6 Å². The molecular formula is C5H7KO2. The van der Waals surface area contributed by atoms with E-state index in [1.807, 2.05) is 0 Å². The molecule has 0 heterocycles. The van der Waals surface area contributed by atoms with E-state index in [1.165, 1.54) is 13.0 Å². The van der Waals surface area contributed by atoms with E-state index in [-0.39, 0.29) is 57.0 Å². The summed E-state index contributed by atoms with van der Waals surface area (Å²) in [5.74, 6) is -1.09. The zero-order valence-corrected chi connectivity index (χ0v) is 8.52. The van der Waals surface area contributed by atoms with Crippen LogP contribution in [0.4, 0.5) is 0 Å². The Morgan fingerprint density at radius 2 is 2.00 bits per heavy atom. The van der Waals surface area contributed by atoms with E-state index < -0.39 is 5.97 Å². The van der Waals surface area contributed by atoms with Crippen molar-refractivity contribution in [2.24, 2.45) is 0 Å². The van der Waals surface area contributed by atoms with Crippen LogP contribution in [0, 0.1) is 0 Å². The minimum Gasteiger partial charge on any atom is -0.545 e. The molecule has 0 bridgehead atoms. The molecule has 0 unspecified atom stereocenters. The van der Waals surface area contributed by atoms with Gasteiger partial charge in [-0.1, -0.05) is 6.08 Å². The Hall–Kier alpha value is 0.846. The van der Waals surface area contributed by atoms with Gasteiger partial charge >= 0.3 is 51.4 Å². The second kappa shape index (κ2) is 5.97. The van der Waals surface area contributed by atoms with Crippen LogP contribution >= 0.6 is 0 Å². The van der Waals surface area contributed by atoms with Gasteiger partial charge in [0.1, 0.15) is 0 Å².